The molecule has 0 N–H and O–H groups in total. The van der Waals surface area contributed by atoms with Gasteiger partial charge in [-0.05, 0) is 0 Å². The lowest BCUT2D eigenvalue weighted by molar-refractivity contribution is 0.0964. The zero-order valence-corrected chi connectivity index (χ0v) is 10.7. The number of carbonyl (C=O) groups is 1. The van der Waals surface area contributed by atoms with Crippen LogP contribution in [-0.2, 0) is 13.6 Å². The summed E-state index contributed by atoms with van der Waals surface area (Å²) in [5.74, 6) is -0.190. The summed E-state index contributed by atoms with van der Waals surface area (Å²) in [5.41, 5.74) is 0.568. The maximum atomic E-state index is 12.2. The van der Waals surface area contributed by atoms with Crippen molar-refractivity contribution >= 4 is 16.8 Å². The minimum absolute atomic E-state index is 0.138. The van der Waals surface area contributed by atoms with Crippen molar-refractivity contribution in [1.82, 2.24) is 24.8 Å². The highest BCUT2D eigenvalue weighted by atomic mass is 16.1. The molecule has 0 aliphatic rings. The normalized spacial score (nSPS) is 10.8. The number of Topliss-reactive ketones (excluding diaryl/α,β-unsaturated/α-hetero) is 1. The van der Waals surface area contributed by atoms with E-state index in [0.29, 0.717) is 16.6 Å². The number of fused-ring (bicyclic) bond motifs is 1. The van der Waals surface area contributed by atoms with Gasteiger partial charge in [0.1, 0.15) is 11.9 Å². The zero-order chi connectivity index (χ0) is 14.1. The second kappa shape index (κ2) is 4.69. The van der Waals surface area contributed by atoms with Crippen molar-refractivity contribution < 1.29 is 4.79 Å². The van der Waals surface area contributed by atoms with Crippen molar-refractivity contribution in [2.45, 2.75) is 6.54 Å². The predicted molar refractivity (Wildman–Crippen MR) is 71.3 cm³/mol. The fraction of sp³-hybridized carbons (Fsp3) is 0.154. The Morgan fingerprint density at radius 3 is 2.75 bits per heavy atom. The molecule has 2 heterocycles. The molecule has 0 radical (unpaired) electrons. The molecule has 0 fully saturated rings. The molecule has 0 saturated carbocycles. The average Bonchev–Trinajstić information content (AvgIpc) is 2.85. The summed E-state index contributed by atoms with van der Waals surface area (Å²) in [4.78, 5) is 24.2. The Morgan fingerprint density at radius 2 is 2.00 bits per heavy atom. The maximum Gasteiger partial charge on any atom is 0.281 e. The lowest BCUT2D eigenvalue weighted by Gasteiger charge is -2.03. The van der Waals surface area contributed by atoms with Gasteiger partial charge < -0.3 is 0 Å². The molecule has 0 amide bonds. The first-order valence-corrected chi connectivity index (χ1v) is 6.00. The van der Waals surface area contributed by atoms with Crippen molar-refractivity contribution in [2.75, 3.05) is 0 Å². The SMILES string of the molecule is Cn1ncc2c(=O)n(CC(=O)c3ccccc3)nnc21. The molecule has 0 unspecified atom stereocenters. The first-order valence-electron chi connectivity index (χ1n) is 6.00. The van der Waals surface area contributed by atoms with E-state index in [-0.39, 0.29) is 17.9 Å². The number of rotatable bonds is 3. The number of hydrogen-bond acceptors (Lipinski definition) is 5. The van der Waals surface area contributed by atoms with E-state index in [4.69, 9.17) is 0 Å². The molecule has 0 atom stereocenters. The van der Waals surface area contributed by atoms with Crippen molar-refractivity contribution in [3.05, 3.63) is 52.4 Å². The highest BCUT2D eigenvalue weighted by Crippen LogP contribution is 2.03. The number of ketones is 1. The maximum absolute atomic E-state index is 12.2. The summed E-state index contributed by atoms with van der Waals surface area (Å²) in [7, 11) is 1.68. The smallest absolute Gasteiger partial charge is 0.281 e. The lowest BCUT2D eigenvalue weighted by Crippen LogP contribution is -2.27. The summed E-state index contributed by atoms with van der Waals surface area (Å²) in [6.45, 7) is -0.138. The third kappa shape index (κ3) is 1.99. The van der Waals surface area contributed by atoms with E-state index in [9.17, 15) is 9.59 Å². The number of nitrogens with zero attached hydrogens (tertiary/aromatic N) is 5. The van der Waals surface area contributed by atoms with Gasteiger partial charge in [0.15, 0.2) is 11.4 Å². The molecule has 0 saturated heterocycles. The monoisotopic (exact) mass is 269 g/mol. The van der Waals surface area contributed by atoms with E-state index in [1.807, 2.05) is 6.07 Å². The van der Waals surface area contributed by atoms with Gasteiger partial charge in [0, 0.05) is 12.6 Å². The van der Waals surface area contributed by atoms with E-state index in [1.54, 1.807) is 31.3 Å². The van der Waals surface area contributed by atoms with Gasteiger partial charge in [-0.2, -0.15) is 5.10 Å². The van der Waals surface area contributed by atoms with Gasteiger partial charge >= 0.3 is 0 Å². The minimum Gasteiger partial charge on any atom is -0.292 e. The van der Waals surface area contributed by atoms with Crippen LogP contribution in [0.2, 0.25) is 0 Å². The molecule has 2 aromatic heterocycles. The van der Waals surface area contributed by atoms with E-state index >= 15 is 0 Å². The Balaban J connectivity index is 1.98. The third-order valence-corrected chi connectivity index (χ3v) is 3.01. The number of hydrogen-bond donors (Lipinski definition) is 0. The lowest BCUT2D eigenvalue weighted by atomic mass is 10.1. The van der Waals surface area contributed by atoms with Gasteiger partial charge in [-0.3, -0.25) is 9.59 Å². The molecule has 7 nitrogen and oxygen atoms in total. The van der Waals surface area contributed by atoms with Crippen LogP contribution in [-0.4, -0.2) is 30.6 Å². The van der Waals surface area contributed by atoms with Gasteiger partial charge in [-0.1, -0.05) is 35.5 Å². The summed E-state index contributed by atoms with van der Waals surface area (Å²) in [5, 5.41) is 12.0. The van der Waals surface area contributed by atoms with Crippen LogP contribution in [0.25, 0.3) is 11.0 Å². The summed E-state index contributed by atoms with van der Waals surface area (Å²) >= 11 is 0. The molecule has 0 bridgehead atoms. The molecular weight excluding hydrogens is 258 g/mol. The molecule has 0 aliphatic carbocycles. The zero-order valence-electron chi connectivity index (χ0n) is 10.7. The average molecular weight is 269 g/mol. The molecule has 1 aromatic carbocycles. The van der Waals surface area contributed by atoms with Crippen LogP contribution in [0.15, 0.2) is 41.3 Å². The van der Waals surface area contributed by atoms with Crippen molar-refractivity contribution in [3.8, 4) is 0 Å². The van der Waals surface area contributed by atoms with Crippen LogP contribution in [0.4, 0.5) is 0 Å². The molecule has 20 heavy (non-hydrogen) atoms. The van der Waals surface area contributed by atoms with E-state index < -0.39 is 0 Å². The fourth-order valence-electron chi connectivity index (χ4n) is 1.93. The Kier molecular flexibility index (Phi) is 2.86. The molecule has 7 heteroatoms. The van der Waals surface area contributed by atoms with E-state index in [1.165, 1.54) is 10.9 Å². The quantitative estimate of drug-likeness (QED) is 0.643. The molecule has 3 aromatic rings. The van der Waals surface area contributed by atoms with Gasteiger partial charge in [0.25, 0.3) is 5.56 Å². The van der Waals surface area contributed by atoms with Crippen molar-refractivity contribution in [1.29, 1.82) is 0 Å². The van der Waals surface area contributed by atoms with Crippen LogP contribution >= 0.6 is 0 Å². The van der Waals surface area contributed by atoms with Gasteiger partial charge in [0.05, 0.1) is 6.20 Å². The Labute approximate surface area is 113 Å². The van der Waals surface area contributed by atoms with Gasteiger partial charge in [0.2, 0.25) is 0 Å². The van der Waals surface area contributed by atoms with Gasteiger partial charge in [-0.25, -0.2) is 9.36 Å². The highest BCUT2D eigenvalue weighted by Gasteiger charge is 2.13. The minimum atomic E-state index is -0.368. The largest absolute Gasteiger partial charge is 0.292 e. The highest BCUT2D eigenvalue weighted by molar-refractivity contribution is 5.95. The summed E-state index contributed by atoms with van der Waals surface area (Å²) in [6, 6.07) is 8.76. The predicted octanol–water partition coefficient (Wildman–Crippen LogP) is 0.408. The third-order valence-electron chi connectivity index (χ3n) is 3.01. The molecule has 0 spiro atoms. The number of aryl methyl sites for hydroxylation is 1. The topological polar surface area (TPSA) is 82.7 Å². The fourth-order valence-corrected chi connectivity index (χ4v) is 1.93. The van der Waals surface area contributed by atoms with Crippen molar-refractivity contribution in [3.63, 3.8) is 0 Å². The van der Waals surface area contributed by atoms with Crippen LogP contribution in [0.1, 0.15) is 10.4 Å². The number of aromatic nitrogens is 5. The van der Waals surface area contributed by atoms with E-state index in [0.717, 1.165) is 4.68 Å². The second-order valence-corrected chi connectivity index (χ2v) is 4.35. The second-order valence-electron chi connectivity index (χ2n) is 4.35. The van der Waals surface area contributed by atoms with Crippen LogP contribution < -0.4 is 5.56 Å². The molecule has 0 aliphatic heterocycles. The molecule has 100 valence electrons. The van der Waals surface area contributed by atoms with E-state index in [2.05, 4.69) is 15.4 Å². The summed E-state index contributed by atoms with van der Waals surface area (Å²) < 4.78 is 2.52. The van der Waals surface area contributed by atoms with Crippen LogP contribution in [0.3, 0.4) is 0 Å². The molecule has 3 rings (SSSR count). The number of benzene rings is 1. The Hall–Kier alpha value is -2.83. The Morgan fingerprint density at radius 1 is 1.25 bits per heavy atom. The Bertz CT molecular complexity index is 835. The standard InChI is InChI=1S/C13H11N5O2/c1-17-12-10(7-14-17)13(20)18(16-15-12)8-11(19)9-5-3-2-4-6-9/h2-7H,8H2,1H3. The first kappa shape index (κ1) is 12.2. The first-order chi connectivity index (χ1) is 9.66. The molecular formula is C13H11N5O2. The number of carbonyl (C=O) groups excluding carboxylic acids is 1. The van der Waals surface area contributed by atoms with Crippen molar-refractivity contribution in [2.24, 2.45) is 7.05 Å². The summed E-state index contributed by atoms with van der Waals surface area (Å²) in [6.07, 6.45) is 1.43. The van der Waals surface area contributed by atoms with Crippen LogP contribution in [0, 0.1) is 0 Å². The van der Waals surface area contributed by atoms with Gasteiger partial charge in [-0.15, -0.1) is 5.10 Å². The van der Waals surface area contributed by atoms with Crippen LogP contribution in [0.5, 0.6) is 0 Å².